The van der Waals surface area contributed by atoms with E-state index in [0.717, 1.165) is 38.5 Å². The minimum atomic E-state index is -1.33. The van der Waals surface area contributed by atoms with Gasteiger partial charge in [-0.1, -0.05) is 0 Å². The van der Waals surface area contributed by atoms with E-state index in [4.69, 9.17) is 9.84 Å². The Labute approximate surface area is 130 Å². The Kier molecular flexibility index (Phi) is 13.3. The SMILES string of the molecule is C=[CH][Co](=[O])[CH2]CCOC(=O)CCCCCCCCC(=O)O. The predicted octanol–water partition coefficient (Wildman–Crippen LogP) is 3.65. The summed E-state index contributed by atoms with van der Waals surface area (Å²) < 4.78 is 16.1. The van der Waals surface area contributed by atoms with Crippen LogP contribution in [0.5, 0.6) is 0 Å². The zero-order chi connectivity index (χ0) is 15.9. The van der Waals surface area contributed by atoms with Gasteiger partial charge >= 0.3 is 114 Å². The molecule has 0 saturated carbocycles. The van der Waals surface area contributed by atoms with E-state index in [1.165, 1.54) is 5.01 Å². The molecule has 0 atom stereocenters. The molecule has 0 bridgehead atoms. The molecule has 6 heteroatoms. The second-order valence-corrected chi connectivity index (χ2v) is 6.62. The first-order valence-corrected chi connectivity index (χ1v) is 9.07. The van der Waals surface area contributed by atoms with Crippen molar-refractivity contribution < 1.29 is 36.9 Å². The molecule has 5 nitrogen and oxygen atoms in total. The molecule has 0 aliphatic rings. The van der Waals surface area contributed by atoms with Gasteiger partial charge in [0, 0.05) is 6.42 Å². The first kappa shape index (κ1) is 20.0. The number of carbonyl (C=O) groups is 2. The Morgan fingerprint density at radius 1 is 1.00 bits per heavy atom. The maximum atomic E-state index is 11.4. The van der Waals surface area contributed by atoms with Gasteiger partial charge in [0.15, 0.2) is 0 Å². The Morgan fingerprint density at radius 2 is 1.57 bits per heavy atom. The van der Waals surface area contributed by atoms with Crippen LogP contribution in [-0.2, 0) is 31.8 Å². The van der Waals surface area contributed by atoms with Crippen LogP contribution in [0.3, 0.4) is 0 Å². The van der Waals surface area contributed by atoms with Crippen LogP contribution in [-0.4, -0.2) is 23.7 Å². The van der Waals surface area contributed by atoms with Crippen LogP contribution < -0.4 is 0 Å². The van der Waals surface area contributed by atoms with Gasteiger partial charge < -0.3 is 5.11 Å². The fraction of sp³-hybridized carbons (Fsp3) is 0.733. The van der Waals surface area contributed by atoms with Crippen LogP contribution in [0.2, 0.25) is 5.36 Å². The molecule has 0 aliphatic heterocycles. The predicted molar refractivity (Wildman–Crippen MR) is 75.8 cm³/mol. The Morgan fingerprint density at radius 3 is 2.14 bits per heavy atom. The smallest absolute Gasteiger partial charge is 0.481 e. The van der Waals surface area contributed by atoms with E-state index in [9.17, 15) is 13.5 Å². The topological polar surface area (TPSA) is 80.7 Å². The standard InChI is InChI=1S/C13H23O4.C2H3.Co.O/c1-2-11-17-13(16)10-8-6-4-3-5-7-9-12(14)15;1-2;;/h1-11H2,(H,14,15);1H,2H2;;. The molecule has 0 fully saturated rings. The molecule has 0 amide bonds. The van der Waals surface area contributed by atoms with Gasteiger partial charge in [-0.3, -0.25) is 4.79 Å². The van der Waals surface area contributed by atoms with Crippen molar-refractivity contribution in [2.75, 3.05) is 6.61 Å². The summed E-state index contributed by atoms with van der Waals surface area (Å²) in [5.74, 6) is -0.940. The molecule has 0 aromatic carbocycles. The number of hydrogen-bond acceptors (Lipinski definition) is 4. The molecule has 0 aromatic rings. The summed E-state index contributed by atoms with van der Waals surface area (Å²) in [6.07, 6.45) is 6.72. The van der Waals surface area contributed by atoms with Gasteiger partial charge in [0.05, 0.1) is 0 Å². The Bertz CT molecular complexity index is 341. The molecule has 0 aliphatic carbocycles. The van der Waals surface area contributed by atoms with Gasteiger partial charge in [-0.2, -0.15) is 0 Å². The van der Waals surface area contributed by atoms with E-state index >= 15 is 0 Å². The summed E-state index contributed by atoms with van der Waals surface area (Å²) in [7, 11) is 0. The van der Waals surface area contributed by atoms with Gasteiger partial charge in [-0.25, -0.2) is 0 Å². The molecule has 1 N–H and O–H groups in total. The van der Waals surface area contributed by atoms with Crippen LogP contribution in [0.25, 0.3) is 0 Å². The maximum absolute atomic E-state index is 11.4. The average molecular weight is 345 g/mol. The third-order valence-electron chi connectivity index (χ3n) is 2.86. The molecular weight excluding hydrogens is 319 g/mol. The van der Waals surface area contributed by atoms with E-state index in [1.807, 2.05) is 0 Å². The Balaban J connectivity index is 3.28. The number of carboxylic acids is 1. The van der Waals surface area contributed by atoms with E-state index < -0.39 is 19.6 Å². The molecule has 0 radical (unpaired) electrons. The molecule has 0 spiro atoms. The Hall–Kier alpha value is -1.01. The monoisotopic (exact) mass is 345 g/mol. The fourth-order valence-corrected chi connectivity index (χ4v) is 2.47. The van der Waals surface area contributed by atoms with Crippen LogP contribution in [0.1, 0.15) is 57.8 Å². The van der Waals surface area contributed by atoms with E-state index in [0.29, 0.717) is 24.8 Å². The number of aliphatic carboxylic acids is 1. The molecular formula is C15H26CoO5. The number of rotatable bonds is 14. The number of unbranched alkanes of at least 4 members (excludes halogenated alkanes) is 5. The van der Waals surface area contributed by atoms with Crippen LogP contribution in [0.15, 0.2) is 11.6 Å². The normalized spacial score (nSPS) is 11.0. The fourth-order valence-electron chi connectivity index (χ4n) is 1.74. The summed E-state index contributed by atoms with van der Waals surface area (Å²) in [6, 6.07) is 0. The molecule has 0 aromatic heterocycles. The summed E-state index contributed by atoms with van der Waals surface area (Å²) in [5, 5.41) is 10.4. The zero-order valence-electron chi connectivity index (χ0n) is 12.5. The van der Waals surface area contributed by atoms with Gasteiger partial charge in [-0.05, 0) is 0 Å². The molecule has 0 heterocycles. The first-order chi connectivity index (χ1) is 10.1. The first-order valence-electron chi connectivity index (χ1n) is 7.30. The molecule has 21 heavy (non-hydrogen) atoms. The number of carbonyl (C=O) groups excluding carboxylic acids is 1. The number of esters is 1. The van der Waals surface area contributed by atoms with Crippen molar-refractivity contribution in [2.24, 2.45) is 0 Å². The van der Waals surface area contributed by atoms with Gasteiger partial charge in [0.1, 0.15) is 0 Å². The van der Waals surface area contributed by atoms with Crippen LogP contribution in [0.4, 0.5) is 0 Å². The zero-order valence-corrected chi connectivity index (χ0v) is 13.5. The summed E-state index contributed by atoms with van der Waals surface area (Å²) in [6.45, 7) is 3.76. The van der Waals surface area contributed by atoms with Crippen molar-refractivity contribution >= 4 is 11.9 Å². The van der Waals surface area contributed by atoms with Crippen LogP contribution in [0, 0.1) is 0 Å². The van der Waals surface area contributed by atoms with E-state index in [2.05, 4.69) is 6.58 Å². The number of ether oxygens (including phenoxy) is 1. The van der Waals surface area contributed by atoms with Crippen molar-refractivity contribution in [3.05, 3.63) is 11.6 Å². The minimum absolute atomic E-state index is 0.200. The molecule has 0 saturated heterocycles. The average Bonchev–Trinajstić information content (AvgIpc) is 2.45. The van der Waals surface area contributed by atoms with E-state index in [-0.39, 0.29) is 12.4 Å². The summed E-state index contributed by atoms with van der Waals surface area (Å²) >= 11 is -1.33. The second kappa shape index (κ2) is 13.9. The number of carboxylic acid groups (broad SMARTS) is 1. The minimum Gasteiger partial charge on any atom is -0.481 e. The second-order valence-electron chi connectivity index (χ2n) is 4.70. The number of hydrogen-bond donors (Lipinski definition) is 1. The van der Waals surface area contributed by atoms with Crippen molar-refractivity contribution in [1.82, 2.24) is 0 Å². The third-order valence-corrected chi connectivity index (χ3v) is 4.22. The molecule has 125 valence electrons. The van der Waals surface area contributed by atoms with Gasteiger partial charge in [-0.15, -0.1) is 0 Å². The van der Waals surface area contributed by atoms with Crippen molar-refractivity contribution in [2.45, 2.75) is 63.1 Å². The van der Waals surface area contributed by atoms with Crippen molar-refractivity contribution in [3.63, 3.8) is 0 Å². The van der Waals surface area contributed by atoms with Crippen LogP contribution >= 0.6 is 0 Å². The van der Waals surface area contributed by atoms with Gasteiger partial charge in [0.2, 0.25) is 0 Å². The quantitative estimate of drug-likeness (QED) is 0.384. The summed E-state index contributed by atoms with van der Waals surface area (Å²) in [4.78, 5) is 21.7. The van der Waals surface area contributed by atoms with Gasteiger partial charge in [0.25, 0.3) is 0 Å². The van der Waals surface area contributed by atoms with Crippen molar-refractivity contribution in [3.8, 4) is 0 Å². The third kappa shape index (κ3) is 15.2. The van der Waals surface area contributed by atoms with Crippen molar-refractivity contribution in [1.29, 1.82) is 0 Å². The summed E-state index contributed by atoms with van der Waals surface area (Å²) in [5.41, 5.74) is 0. The van der Waals surface area contributed by atoms with E-state index in [1.54, 1.807) is 0 Å². The molecule has 0 unspecified atom stereocenters. The molecule has 0 rings (SSSR count).